The fourth-order valence-corrected chi connectivity index (χ4v) is 28.8. The van der Waals surface area contributed by atoms with Gasteiger partial charge in [0.1, 0.15) is 0 Å². The first-order chi connectivity index (χ1) is 39.2. The third-order valence-corrected chi connectivity index (χ3v) is 29.1. The van der Waals surface area contributed by atoms with Gasteiger partial charge in [0.25, 0.3) is 0 Å². The number of hydrogen-bond donors (Lipinski definition) is 0. The van der Waals surface area contributed by atoms with Crippen molar-refractivity contribution in [3.05, 3.63) is 0 Å². The number of carbonyl (C=O) groups is 4. The minimum absolute atomic E-state index is 0.0788. The van der Waals surface area contributed by atoms with Crippen molar-refractivity contribution in [1.82, 2.24) is 0 Å². The van der Waals surface area contributed by atoms with Crippen LogP contribution in [0.1, 0.15) is 380 Å². The molecule has 9 heteroatoms. The van der Waals surface area contributed by atoms with Crippen LogP contribution >= 0.6 is 0 Å². The number of hydrogen-bond acceptors (Lipinski definition) is 8. The zero-order valence-electron chi connectivity index (χ0n) is 67.4. The van der Waals surface area contributed by atoms with Crippen molar-refractivity contribution in [1.29, 1.82) is 0 Å². The molecule has 0 aliphatic rings. The van der Waals surface area contributed by atoms with E-state index >= 15 is 19.2 Å². The summed E-state index contributed by atoms with van der Waals surface area (Å²) in [6.45, 7) is 92.2. The van der Waals surface area contributed by atoms with Gasteiger partial charge in [0.05, 0.1) is 0 Å². The maximum atomic E-state index is 15.5. The van der Waals surface area contributed by atoms with Crippen molar-refractivity contribution in [3.63, 3.8) is 0 Å². The van der Waals surface area contributed by atoms with Crippen molar-refractivity contribution >= 4 is 43.9 Å². The molecule has 0 N–H and O–H groups in total. The maximum absolute atomic E-state index is 15.5. The van der Waals surface area contributed by atoms with Gasteiger partial charge < -0.3 is 0 Å². The molecule has 4 unspecified atom stereocenters. The Hall–Kier alpha value is -1.32. The van der Waals surface area contributed by atoms with Gasteiger partial charge in [-0.1, -0.05) is 0 Å². The van der Waals surface area contributed by atoms with E-state index in [1.807, 2.05) is 27.7 Å². The molecule has 0 heterocycles. The molecule has 0 bridgehead atoms. The number of rotatable bonds is 28. The average Bonchev–Trinajstić information content (AvgIpc) is 3.26. The van der Waals surface area contributed by atoms with E-state index in [9.17, 15) is 0 Å². The molecule has 8 nitrogen and oxygen atoms in total. The molecule has 0 radical (unpaired) electrons. The van der Waals surface area contributed by atoms with E-state index in [1.54, 1.807) is 0 Å². The van der Waals surface area contributed by atoms with Gasteiger partial charge in [-0.05, 0) is 0 Å². The molecule has 0 rings (SSSR count). The van der Waals surface area contributed by atoms with E-state index in [-0.39, 0.29) is 86.6 Å². The van der Waals surface area contributed by atoms with E-state index in [1.165, 1.54) is 0 Å². The van der Waals surface area contributed by atoms with Gasteiger partial charge in [-0.25, -0.2) is 0 Å². The fraction of sp³-hybridized carbons (Fsp3) is 0.950. The molecule has 0 saturated heterocycles. The predicted molar refractivity (Wildman–Crippen MR) is 384 cm³/mol. The summed E-state index contributed by atoms with van der Waals surface area (Å²) in [6, 6.07) is 0. The standard InChI is InChI=1S/4C20H40O2.Sn/c4*1-11-15(16(21)22)13-12-14-20(17(2,3)4,18(5,6)7)19(8,9)10;/h4*15H,11-14H2,1-10H3,(H,21,22);/q;;;;+4/p-4. The van der Waals surface area contributed by atoms with E-state index < -0.39 is 67.6 Å². The third-order valence-electron chi connectivity index (χ3n) is 24.0. The molecule has 0 aromatic heterocycles. The molecule has 0 fully saturated rings. The average molecular weight is 1360 g/mol. The van der Waals surface area contributed by atoms with E-state index in [0.29, 0.717) is 51.4 Å². The summed E-state index contributed by atoms with van der Waals surface area (Å²) in [5, 5.41) is 0. The second-order valence-corrected chi connectivity index (χ2v) is 46.0. The first-order valence-electron chi connectivity index (χ1n) is 36.1. The summed E-state index contributed by atoms with van der Waals surface area (Å²) in [7, 11) is 0. The van der Waals surface area contributed by atoms with Gasteiger partial charge >= 0.3 is 565 Å². The van der Waals surface area contributed by atoms with E-state index in [0.717, 1.165) is 51.4 Å². The zero-order chi connectivity index (χ0) is 71.3. The Bertz CT molecular complexity index is 1750. The molecule has 0 spiro atoms. The van der Waals surface area contributed by atoms with Gasteiger partial charge in [0, 0.05) is 0 Å². The van der Waals surface area contributed by atoms with Crippen molar-refractivity contribution < 1.29 is 31.5 Å². The second-order valence-electron chi connectivity index (χ2n) is 40.8. The third kappa shape index (κ3) is 19.5. The Morgan fingerprint density at radius 1 is 0.236 bits per heavy atom. The zero-order valence-corrected chi connectivity index (χ0v) is 70.2. The fourth-order valence-electron chi connectivity index (χ4n) is 23.4. The monoisotopic (exact) mass is 1370 g/mol. The summed E-state index contributed by atoms with van der Waals surface area (Å²) in [4.78, 5) is 62.2. The van der Waals surface area contributed by atoms with Crippen LogP contribution in [0.5, 0.6) is 0 Å². The van der Waals surface area contributed by atoms with Gasteiger partial charge in [-0.3, -0.25) is 0 Å². The first-order valence-corrected chi connectivity index (χ1v) is 40.8. The van der Waals surface area contributed by atoms with Crippen LogP contribution in [-0.2, 0) is 31.5 Å². The quantitative estimate of drug-likeness (QED) is 0.0714. The summed E-state index contributed by atoms with van der Waals surface area (Å²) in [6.07, 6.45) is 10.1. The summed E-state index contributed by atoms with van der Waals surface area (Å²) < 4.78 is 27.2. The topological polar surface area (TPSA) is 105 Å². The molecule has 0 aromatic rings. The van der Waals surface area contributed by atoms with Crippen molar-refractivity contribution in [2.24, 2.45) is 110 Å². The van der Waals surface area contributed by atoms with Crippen LogP contribution in [0.2, 0.25) is 0 Å². The Morgan fingerprint density at radius 3 is 0.438 bits per heavy atom. The molecule has 0 aliphatic heterocycles. The van der Waals surface area contributed by atoms with Crippen LogP contribution in [0, 0.1) is 110 Å². The molecular weight excluding hydrogens is 1210 g/mol. The first kappa shape index (κ1) is 87.7. The molecular formula is C80H156O8Sn. The van der Waals surface area contributed by atoms with Crippen LogP contribution in [0.25, 0.3) is 0 Å². The van der Waals surface area contributed by atoms with Crippen molar-refractivity contribution in [2.75, 3.05) is 0 Å². The molecule has 0 aliphatic carbocycles. The summed E-state index contributed by atoms with van der Waals surface area (Å²) in [5.74, 6) is -5.14. The normalized spacial score (nSPS) is 16.9. The van der Waals surface area contributed by atoms with Crippen LogP contribution in [0.3, 0.4) is 0 Å². The molecule has 528 valence electrons. The Morgan fingerprint density at radius 2 is 0.348 bits per heavy atom. The van der Waals surface area contributed by atoms with Gasteiger partial charge in [-0.15, -0.1) is 0 Å². The molecule has 0 amide bonds. The van der Waals surface area contributed by atoms with Gasteiger partial charge in [0.2, 0.25) is 0 Å². The van der Waals surface area contributed by atoms with E-state index in [2.05, 4.69) is 249 Å². The molecule has 0 aromatic carbocycles. The second kappa shape index (κ2) is 30.4. The Balaban J connectivity index is 8.69. The SMILES string of the molecule is CCC(CCCC(C(C)(C)C)(C(C)(C)C)C(C)(C)C)C(=O)[O][Sn]([O]C(=O)C(CC)CCCC(C(C)(C)C)(C(C)(C)C)C(C)(C)C)([O]C(=O)C(CC)CCCC(C(C)(C)C)(C(C)(C)C)C(C)(C)C)[O]C(=O)C(CC)CCCC(C(C)(C)C)(C(C)(C)C)C(C)(C)C. The molecule has 0 saturated carbocycles. The summed E-state index contributed by atoms with van der Waals surface area (Å²) >= 11 is -6.60. The predicted octanol–water partition coefficient (Wildman–Crippen LogP) is 24.9. The van der Waals surface area contributed by atoms with Crippen LogP contribution in [0.15, 0.2) is 0 Å². The number of carbonyl (C=O) groups excluding carboxylic acids is 4. The van der Waals surface area contributed by atoms with Crippen molar-refractivity contribution in [3.8, 4) is 0 Å². The molecule has 89 heavy (non-hydrogen) atoms. The summed E-state index contributed by atoms with van der Waals surface area (Å²) in [5.41, 5.74) is -1.49. The van der Waals surface area contributed by atoms with Gasteiger partial charge in [-0.2, -0.15) is 0 Å². The van der Waals surface area contributed by atoms with Gasteiger partial charge in [0.15, 0.2) is 0 Å². The van der Waals surface area contributed by atoms with Crippen LogP contribution < -0.4 is 0 Å². The Kier molecular flexibility index (Phi) is 29.9. The Labute approximate surface area is 561 Å². The van der Waals surface area contributed by atoms with Crippen LogP contribution in [0.4, 0.5) is 0 Å². The van der Waals surface area contributed by atoms with E-state index in [4.69, 9.17) is 12.3 Å². The van der Waals surface area contributed by atoms with Crippen LogP contribution in [-0.4, -0.2) is 43.9 Å². The minimum atomic E-state index is -6.60. The molecule has 4 atom stereocenters. The van der Waals surface area contributed by atoms with Crippen molar-refractivity contribution in [2.45, 2.75) is 380 Å².